The van der Waals surface area contributed by atoms with Crippen LogP contribution in [0.4, 0.5) is 26.3 Å². The Hall–Kier alpha value is -1.95. The molecule has 0 fully saturated rings. The zero-order chi connectivity index (χ0) is 20.2. The van der Waals surface area contributed by atoms with E-state index in [9.17, 15) is 34.8 Å². The topological polar surface area (TPSA) is 60.9 Å². The van der Waals surface area contributed by atoms with E-state index in [0.29, 0.717) is 0 Å². The predicted molar refractivity (Wildman–Crippen MR) is 80.5 cm³/mol. The van der Waals surface area contributed by atoms with Gasteiger partial charge in [-0.15, -0.1) is 0 Å². The predicted octanol–water partition coefficient (Wildman–Crippen LogP) is 3.40. The molecule has 0 saturated heterocycles. The van der Waals surface area contributed by atoms with Crippen LogP contribution in [0, 0.1) is 6.92 Å². The third-order valence-corrected chi connectivity index (χ3v) is 3.80. The first kappa shape index (κ1) is 22.1. The molecule has 1 heterocycles. The maximum absolute atomic E-state index is 11.9. The van der Waals surface area contributed by atoms with Gasteiger partial charge in [0.2, 0.25) is 0 Å². The molecular weight excluding hydrogens is 390 g/mol. The second-order valence-corrected chi connectivity index (χ2v) is 6.87. The van der Waals surface area contributed by atoms with Gasteiger partial charge in [-0.1, -0.05) is 17.7 Å². The van der Waals surface area contributed by atoms with Gasteiger partial charge in [-0.05, 0) is 19.1 Å². The number of nitrogens with zero attached hydrogens (tertiary/aromatic N) is 2. The summed E-state index contributed by atoms with van der Waals surface area (Å²) in [5.74, 6) is 0. The Labute approximate surface area is 146 Å². The van der Waals surface area contributed by atoms with Crippen molar-refractivity contribution < 1.29 is 39.3 Å². The van der Waals surface area contributed by atoms with Crippen LogP contribution in [0.15, 0.2) is 41.6 Å². The summed E-state index contributed by atoms with van der Waals surface area (Å²) in [6, 6.07) is 5.99. The first-order chi connectivity index (χ1) is 11.7. The lowest BCUT2D eigenvalue weighted by atomic mass is 10.2. The van der Waals surface area contributed by atoms with Crippen LogP contribution in [-0.2, 0) is 10.1 Å². The number of halogens is 6. The minimum absolute atomic E-state index is 0.0666. The molecule has 148 valence electrons. The normalized spacial score (nSPS) is 15.1. The largest absolute Gasteiger partial charge is 0.405 e. The van der Waals surface area contributed by atoms with Crippen LogP contribution < -0.4 is 0 Å². The molecule has 0 radical (unpaired) electrons. The lowest BCUT2D eigenvalue weighted by molar-refractivity contribution is -0.151. The molecule has 1 aromatic carbocycles. The SMILES string of the molecule is Cc1ccc(S(=O)(=O)O)cc1.FC(F)(F)CN1C=CN(CC(F)(F)F)C1. The van der Waals surface area contributed by atoms with Crippen LogP contribution in [0.25, 0.3) is 0 Å². The summed E-state index contributed by atoms with van der Waals surface area (Å²) >= 11 is 0. The van der Waals surface area contributed by atoms with E-state index in [1.807, 2.05) is 6.92 Å². The highest BCUT2D eigenvalue weighted by Crippen LogP contribution is 2.22. The molecule has 1 aromatic rings. The molecule has 0 unspecified atom stereocenters. The quantitative estimate of drug-likeness (QED) is 0.616. The van der Waals surface area contributed by atoms with Crippen molar-refractivity contribution in [3.8, 4) is 0 Å². The molecule has 12 heteroatoms. The summed E-state index contributed by atoms with van der Waals surface area (Å²) in [6.07, 6.45) is -6.81. The molecule has 1 N–H and O–H groups in total. The fourth-order valence-corrected chi connectivity index (χ4v) is 2.37. The molecule has 26 heavy (non-hydrogen) atoms. The first-order valence-electron chi connectivity index (χ1n) is 7.00. The van der Waals surface area contributed by atoms with Gasteiger partial charge >= 0.3 is 12.4 Å². The average molecular weight is 406 g/mol. The van der Waals surface area contributed by atoms with Crippen molar-refractivity contribution in [1.82, 2.24) is 9.80 Å². The standard InChI is InChI=1S/C7H8F6N2.C7H8O3S/c8-6(9,10)3-14-1-2-15(5-14)4-7(11,12)13;1-6-2-4-7(5-3-6)11(8,9)10/h1-2H,3-5H2;2-5H,1H3,(H,8,9,10). The van der Waals surface area contributed by atoms with E-state index in [0.717, 1.165) is 27.8 Å². The second kappa shape index (κ2) is 8.16. The third kappa shape index (κ3) is 8.94. The molecule has 0 spiro atoms. The van der Waals surface area contributed by atoms with Gasteiger partial charge in [-0.25, -0.2) is 0 Å². The van der Waals surface area contributed by atoms with Gasteiger partial charge in [-0.3, -0.25) is 4.55 Å². The highest BCUT2D eigenvalue weighted by atomic mass is 32.2. The molecule has 5 nitrogen and oxygen atoms in total. The summed E-state index contributed by atoms with van der Waals surface area (Å²) in [7, 11) is -4.02. The van der Waals surface area contributed by atoms with Crippen LogP contribution in [0.1, 0.15) is 5.56 Å². The highest BCUT2D eigenvalue weighted by molar-refractivity contribution is 7.85. The molecule has 0 bridgehead atoms. The number of hydrogen-bond donors (Lipinski definition) is 1. The van der Waals surface area contributed by atoms with E-state index in [-0.39, 0.29) is 11.6 Å². The van der Waals surface area contributed by atoms with Crippen LogP contribution >= 0.6 is 0 Å². The number of hydrogen-bond acceptors (Lipinski definition) is 4. The third-order valence-electron chi connectivity index (χ3n) is 2.94. The smallest absolute Gasteiger partial charge is 0.350 e. The van der Waals surface area contributed by atoms with Gasteiger partial charge in [0.25, 0.3) is 10.1 Å². The molecule has 0 saturated carbocycles. The van der Waals surface area contributed by atoms with E-state index >= 15 is 0 Å². The molecule has 1 aliphatic rings. The van der Waals surface area contributed by atoms with Crippen LogP contribution in [0.2, 0.25) is 0 Å². The molecule has 0 aromatic heterocycles. The Bertz CT molecular complexity index is 690. The van der Waals surface area contributed by atoms with Gasteiger partial charge in [0.05, 0.1) is 11.6 Å². The van der Waals surface area contributed by atoms with Crippen molar-refractivity contribution in [3.05, 3.63) is 42.2 Å². The number of alkyl halides is 6. The van der Waals surface area contributed by atoms with Crippen molar-refractivity contribution in [2.75, 3.05) is 19.8 Å². The lowest BCUT2D eigenvalue weighted by Crippen LogP contribution is -2.36. The Morgan fingerprint density at radius 1 is 0.923 bits per heavy atom. The van der Waals surface area contributed by atoms with Gasteiger partial charge in [0.15, 0.2) is 0 Å². The maximum atomic E-state index is 11.9. The monoisotopic (exact) mass is 406 g/mol. The van der Waals surface area contributed by atoms with Gasteiger partial charge < -0.3 is 9.80 Å². The summed E-state index contributed by atoms with van der Waals surface area (Å²) in [6.45, 7) is -1.03. The summed E-state index contributed by atoms with van der Waals surface area (Å²) < 4.78 is 101. The van der Waals surface area contributed by atoms with E-state index in [1.54, 1.807) is 12.1 Å². The van der Waals surface area contributed by atoms with Crippen LogP contribution in [-0.4, -0.2) is 54.9 Å². The molecule has 2 rings (SSSR count). The summed E-state index contributed by atoms with van der Waals surface area (Å²) in [4.78, 5) is 1.47. The van der Waals surface area contributed by atoms with Crippen LogP contribution in [0.3, 0.4) is 0 Å². The molecule has 0 aliphatic carbocycles. The van der Waals surface area contributed by atoms with Crippen molar-refractivity contribution in [1.29, 1.82) is 0 Å². The van der Waals surface area contributed by atoms with Crippen LogP contribution in [0.5, 0.6) is 0 Å². The molecule has 1 aliphatic heterocycles. The summed E-state index contributed by atoms with van der Waals surface area (Å²) in [5.41, 5.74) is 0.956. The van der Waals surface area contributed by atoms with Gasteiger partial charge in [-0.2, -0.15) is 34.8 Å². The Morgan fingerprint density at radius 2 is 1.31 bits per heavy atom. The van der Waals surface area contributed by atoms with Crippen molar-refractivity contribution in [3.63, 3.8) is 0 Å². The van der Waals surface area contributed by atoms with E-state index < -0.39 is 35.6 Å². The van der Waals surface area contributed by atoms with Gasteiger partial charge in [0, 0.05) is 12.4 Å². The van der Waals surface area contributed by atoms with E-state index in [4.69, 9.17) is 4.55 Å². The Balaban J connectivity index is 0.000000273. The average Bonchev–Trinajstić information content (AvgIpc) is 2.81. The number of aryl methyl sites for hydroxylation is 1. The number of benzene rings is 1. The Morgan fingerprint density at radius 3 is 1.62 bits per heavy atom. The van der Waals surface area contributed by atoms with Gasteiger partial charge in [0.1, 0.15) is 13.1 Å². The summed E-state index contributed by atoms with van der Waals surface area (Å²) in [5, 5.41) is 0. The first-order valence-corrected chi connectivity index (χ1v) is 8.44. The lowest BCUT2D eigenvalue weighted by Gasteiger charge is -2.22. The van der Waals surface area contributed by atoms with Crippen molar-refractivity contribution in [2.24, 2.45) is 0 Å². The molecular formula is C14H16F6N2O3S. The fraction of sp³-hybridized carbons (Fsp3) is 0.429. The molecule has 0 atom stereocenters. The minimum atomic E-state index is -4.40. The zero-order valence-corrected chi connectivity index (χ0v) is 14.2. The Kier molecular flexibility index (Phi) is 6.94. The highest BCUT2D eigenvalue weighted by Gasteiger charge is 2.35. The maximum Gasteiger partial charge on any atom is 0.405 e. The van der Waals surface area contributed by atoms with Crippen molar-refractivity contribution >= 4 is 10.1 Å². The van der Waals surface area contributed by atoms with Crippen molar-refractivity contribution in [2.45, 2.75) is 24.2 Å². The molecule has 0 amide bonds. The van der Waals surface area contributed by atoms with E-state index in [2.05, 4.69) is 0 Å². The number of rotatable bonds is 3. The minimum Gasteiger partial charge on any atom is -0.350 e. The second-order valence-electron chi connectivity index (χ2n) is 5.45. The zero-order valence-electron chi connectivity index (χ0n) is 13.4. The van der Waals surface area contributed by atoms with E-state index in [1.165, 1.54) is 12.1 Å². The fourth-order valence-electron chi connectivity index (χ4n) is 1.89.